The molecule has 0 saturated heterocycles. The van der Waals surface area contributed by atoms with Crippen LogP contribution in [0.3, 0.4) is 0 Å². The van der Waals surface area contributed by atoms with Gasteiger partial charge in [0.15, 0.2) is 6.61 Å². The van der Waals surface area contributed by atoms with Gasteiger partial charge in [0.25, 0.3) is 5.91 Å². The summed E-state index contributed by atoms with van der Waals surface area (Å²) in [4.78, 5) is 24.3. The summed E-state index contributed by atoms with van der Waals surface area (Å²) in [5.41, 5.74) is 0.199. The topological polar surface area (TPSA) is 55.4 Å². The first-order valence-corrected chi connectivity index (χ1v) is 10.5. The van der Waals surface area contributed by atoms with Crippen molar-refractivity contribution in [1.29, 1.82) is 0 Å². The molecular weight excluding hydrogens is 314 g/mol. The van der Waals surface area contributed by atoms with Crippen LogP contribution in [0.4, 0.5) is 0 Å². The Hall–Kier alpha value is -1.06. The third kappa shape index (κ3) is 4.20. The van der Waals surface area contributed by atoms with Gasteiger partial charge in [0.05, 0.1) is 6.42 Å². The number of carbonyl (C=O) groups is 2. The summed E-state index contributed by atoms with van der Waals surface area (Å²) in [7, 11) is 0. The number of ether oxygens (including phenoxy) is 1. The zero-order valence-corrected chi connectivity index (χ0v) is 15.4. The van der Waals surface area contributed by atoms with E-state index in [2.05, 4.69) is 5.32 Å². The Bertz CT molecular complexity index is 474. The molecule has 5 rings (SSSR count). The van der Waals surface area contributed by atoms with Crippen LogP contribution in [0, 0.1) is 29.1 Å². The largest absolute Gasteiger partial charge is 0.456 e. The van der Waals surface area contributed by atoms with Gasteiger partial charge in [0.1, 0.15) is 0 Å². The summed E-state index contributed by atoms with van der Waals surface area (Å²) in [6.45, 7) is 0.642. The van der Waals surface area contributed by atoms with Gasteiger partial charge in [-0.3, -0.25) is 9.59 Å². The van der Waals surface area contributed by atoms with Gasteiger partial charge < -0.3 is 10.1 Å². The Morgan fingerprint density at radius 3 is 2.12 bits per heavy atom. The van der Waals surface area contributed by atoms with Crippen molar-refractivity contribution < 1.29 is 14.3 Å². The van der Waals surface area contributed by atoms with Gasteiger partial charge >= 0.3 is 5.97 Å². The Labute approximate surface area is 151 Å². The van der Waals surface area contributed by atoms with E-state index in [-0.39, 0.29) is 23.9 Å². The van der Waals surface area contributed by atoms with Gasteiger partial charge in [-0.1, -0.05) is 19.3 Å². The fourth-order valence-corrected chi connectivity index (χ4v) is 6.71. The van der Waals surface area contributed by atoms with Crippen LogP contribution in [0.2, 0.25) is 0 Å². The van der Waals surface area contributed by atoms with E-state index in [1.54, 1.807) is 0 Å². The van der Waals surface area contributed by atoms with Crippen LogP contribution in [-0.2, 0) is 14.3 Å². The maximum absolute atomic E-state index is 12.3. The first-order chi connectivity index (χ1) is 12.1. The van der Waals surface area contributed by atoms with E-state index in [1.807, 2.05) is 0 Å². The molecule has 0 spiro atoms. The smallest absolute Gasteiger partial charge is 0.306 e. The number of nitrogens with one attached hydrogen (secondary N) is 1. The van der Waals surface area contributed by atoms with Crippen molar-refractivity contribution >= 4 is 11.9 Å². The Morgan fingerprint density at radius 1 is 0.920 bits per heavy atom. The SMILES string of the molecule is O=C(COC(=O)CC12CC3CC(CC(C3)C1)C2)NCC1CCCCC1. The molecule has 4 heteroatoms. The molecule has 5 aliphatic carbocycles. The van der Waals surface area contributed by atoms with Crippen LogP contribution >= 0.6 is 0 Å². The highest BCUT2D eigenvalue weighted by Gasteiger charge is 2.51. The fraction of sp³-hybridized carbons (Fsp3) is 0.905. The third-order valence-corrected chi connectivity index (χ3v) is 7.36. The molecule has 0 aromatic carbocycles. The summed E-state index contributed by atoms with van der Waals surface area (Å²) in [6.07, 6.45) is 14.6. The summed E-state index contributed by atoms with van der Waals surface area (Å²) in [5.74, 6) is 2.85. The van der Waals surface area contributed by atoms with Crippen LogP contribution in [0.15, 0.2) is 0 Å². The number of esters is 1. The normalized spacial score (nSPS) is 37.0. The highest BCUT2D eigenvalue weighted by Crippen LogP contribution is 2.61. The minimum Gasteiger partial charge on any atom is -0.456 e. The Balaban J connectivity index is 1.18. The second kappa shape index (κ2) is 7.28. The van der Waals surface area contributed by atoms with Crippen molar-refractivity contribution in [3.63, 3.8) is 0 Å². The van der Waals surface area contributed by atoms with Crippen LogP contribution < -0.4 is 5.32 Å². The molecule has 0 aromatic heterocycles. The monoisotopic (exact) mass is 347 g/mol. The van der Waals surface area contributed by atoms with Gasteiger partial charge in [-0.05, 0) is 80.5 Å². The highest BCUT2D eigenvalue weighted by atomic mass is 16.5. The maximum Gasteiger partial charge on any atom is 0.306 e. The van der Waals surface area contributed by atoms with E-state index in [0.717, 1.165) is 24.3 Å². The van der Waals surface area contributed by atoms with Gasteiger partial charge in [-0.25, -0.2) is 0 Å². The average Bonchev–Trinajstić information content (AvgIpc) is 2.57. The average molecular weight is 347 g/mol. The molecule has 1 N–H and O–H groups in total. The molecule has 1 amide bonds. The van der Waals surface area contributed by atoms with Crippen molar-refractivity contribution in [2.75, 3.05) is 13.2 Å². The van der Waals surface area contributed by atoms with Crippen molar-refractivity contribution in [3.8, 4) is 0 Å². The molecule has 4 bridgehead atoms. The quantitative estimate of drug-likeness (QED) is 0.743. The lowest BCUT2D eigenvalue weighted by atomic mass is 9.49. The minimum atomic E-state index is -0.158. The Morgan fingerprint density at radius 2 is 1.52 bits per heavy atom. The molecule has 4 nitrogen and oxygen atoms in total. The molecule has 25 heavy (non-hydrogen) atoms. The minimum absolute atomic E-state index is 0.0993. The van der Waals surface area contributed by atoms with Gasteiger partial charge in [-0.15, -0.1) is 0 Å². The van der Waals surface area contributed by atoms with Crippen molar-refractivity contribution in [2.24, 2.45) is 29.1 Å². The summed E-state index contributed by atoms with van der Waals surface area (Å²) in [6, 6.07) is 0. The lowest BCUT2D eigenvalue weighted by Gasteiger charge is -2.56. The molecule has 0 unspecified atom stereocenters. The second-order valence-electron chi connectivity index (χ2n) is 9.56. The van der Waals surface area contributed by atoms with E-state index in [9.17, 15) is 9.59 Å². The van der Waals surface area contributed by atoms with Crippen LogP contribution in [0.25, 0.3) is 0 Å². The third-order valence-electron chi connectivity index (χ3n) is 7.36. The van der Waals surface area contributed by atoms with Crippen LogP contribution in [0.5, 0.6) is 0 Å². The molecule has 0 aliphatic heterocycles. The van der Waals surface area contributed by atoms with Gasteiger partial charge in [0.2, 0.25) is 0 Å². The Kier molecular flexibility index (Phi) is 5.06. The summed E-state index contributed by atoms with van der Waals surface area (Å²) in [5, 5.41) is 2.95. The molecule has 140 valence electrons. The predicted molar refractivity (Wildman–Crippen MR) is 95.8 cm³/mol. The van der Waals surface area contributed by atoms with E-state index >= 15 is 0 Å². The molecule has 5 fully saturated rings. The molecular formula is C21H33NO3. The van der Waals surface area contributed by atoms with Crippen molar-refractivity contribution in [1.82, 2.24) is 5.32 Å². The molecule has 5 saturated carbocycles. The zero-order chi connectivity index (χ0) is 17.3. The molecule has 0 heterocycles. The van der Waals surface area contributed by atoms with Gasteiger partial charge in [-0.2, -0.15) is 0 Å². The summed E-state index contributed by atoms with van der Waals surface area (Å²) >= 11 is 0. The molecule has 0 atom stereocenters. The lowest BCUT2D eigenvalue weighted by molar-refractivity contribution is -0.155. The van der Waals surface area contributed by atoms with E-state index in [4.69, 9.17) is 4.74 Å². The van der Waals surface area contributed by atoms with E-state index in [1.165, 1.54) is 70.6 Å². The summed E-state index contributed by atoms with van der Waals surface area (Å²) < 4.78 is 5.33. The number of rotatable bonds is 6. The second-order valence-corrected chi connectivity index (χ2v) is 9.56. The highest BCUT2D eigenvalue weighted by molar-refractivity contribution is 5.80. The number of amides is 1. The van der Waals surface area contributed by atoms with E-state index in [0.29, 0.717) is 12.3 Å². The number of hydrogen-bond acceptors (Lipinski definition) is 3. The first-order valence-electron chi connectivity index (χ1n) is 10.5. The molecule has 0 radical (unpaired) electrons. The first kappa shape index (κ1) is 17.4. The predicted octanol–water partition coefficient (Wildman–Crippen LogP) is 3.83. The van der Waals surface area contributed by atoms with Crippen LogP contribution in [-0.4, -0.2) is 25.0 Å². The van der Waals surface area contributed by atoms with Crippen LogP contribution in [0.1, 0.15) is 77.0 Å². The lowest BCUT2D eigenvalue weighted by Crippen LogP contribution is -2.47. The zero-order valence-electron chi connectivity index (χ0n) is 15.4. The maximum atomic E-state index is 12.3. The fourth-order valence-electron chi connectivity index (χ4n) is 6.71. The van der Waals surface area contributed by atoms with Gasteiger partial charge in [0, 0.05) is 6.54 Å². The van der Waals surface area contributed by atoms with Crippen molar-refractivity contribution in [2.45, 2.75) is 77.0 Å². The molecule has 5 aliphatic rings. The number of hydrogen-bond donors (Lipinski definition) is 1. The number of carbonyl (C=O) groups excluding carboxylic acids is 2. The van der Waals surface area contributed by atoms with Crippen molar-refractivity contribution in [3.05, 3.63) is 0 Å². The standard InChI is InChI=1S/C21H33NO3/c23-19(22-13-15-4-2-1-3-5-15)14-25-20(24)12-21-9-16-6-17(10-21)8-18(7-16)11-21/h15-18H,1-14H2,(H,22,23). The van der Waals surface area contributed by atoms with E-state index < -0.39 is 0 Å². The molecule has 0 aromatic rings.